The number of benzene rings is 4. The number of rotatable bonds is 15. The highest BCUT2D eigenvalue weighted by molar-refractivity contribution is 7.58. The first-order valence-electron chi connectivity index (χ1n) is 14.2. The van der Waals surface area contributed by atoms with Crippen LogP contribution < -0.4 is 23.7 Å². The predicted octanol–water partition coefficient (Wildman–Crippen LogP) is 8.62. The maximum absolute atomic E-state index is 14.5. The zero-order valence-electron chi connectivity index (χ0n) is 26.4. The van der Waals surface area contributed by atoms with Crippen molar-refractivity contribution in [2.24, 2.45) is 0 Å². The zero-order chi connectivity index (χ0) is 32.2. The average molecular weight is 631 g/mol. The summed E-state index contributed by atoms with van der Waals surface area (Å²) in [6, 6.07) is 28.5. The summed E-state index contributed by atoms with van der Waals surface area (Å²) in [4.78, 5) is 0. The minimum absolute atomic E-state index is 0.342. The Labute approximate surface area is 265 Å². The van der Waals surface area contributed by atoms with E-state index in [1.807, 2.05) is 91.0 Å². The van der Waals surface area contributed by atoms with E-state index in [0.29, 0.717) is 46.0 Å². The third-order valence-electron chi connectivity index (χ3n) is 7.24. The second-order valence-corrected chi connectivity index (χ2v) is 12.0. The molecule has 0 heterocycles. The van der Waals surface area contributed by atoms with E-state index in [4.69, 9.17) is 32.7 Å². The van der Waals surface area contributed by atoms with Crippen LogP contribution in [0.5, 0.6) is 28.7 Å². The van der Waals surface area contributed by atoms with Gasteiger partial charge in [0.1, 0.15) is 35.4 Å². The molecule has 4 aromatic rings. The lowest BCUT2D eigenvalue weighted by Crippen LogP contribution is -2.08. The summed E-state index contributed by atoms with van der Waals surface area (Å²) < 4.78 is 54.5. The molecule has 0 bridgehead atoms. The molecular formula is C36H39O8P. The number of para-hydroxylation sites is 1. The first-order chi connectivity index (χ1) is 21.9. The van der Waals surface area contributed by atoms with Gasteiger partial charge in [0, 0.05) is 43.4 Å². The highest BCUT2D eigenvalue weighted by Crippen LogP contribution is 2.62. The van der Waals surface area contributed by atoms with Crippen LogP contribution in [0.15, 0.2) is 102 Å². The first-order valence-corrected chi connectivity index (χ1v) is 15.8. The molecule has 0 radical (unpaired) electrons. The van der Waals surface area contributed by atoms with Crippen LogP contribution in [0.4, 0.5) is 0 Å². The number of methoxy groups -OCH3 is 4. The lowest BCUT2D eigenvalue weighted by Gasteiger charge is -2.27. The second kappa shape index (κ2) is 16.0. The molecule has 0 N–H and O–H groups in total. The van der Waals surface area contributed by atoms with Crippen molar-refractivity contribution in [3.05, 3.63) is 125 Å². The van der Waals surface area contributed by atoms with Crippen molar-refractivity contribution in [3.8, 4) is 28.7 Å². The minimum atomic E-state index is -3.90. The fourth-order valence-corrected chi connectivity index (χ4v) is 6.28. The van der Waals surface area contributed by atoms with Crippen LogP contribution >= 0.6 is 7.60 Å². The molecule has 0 amide bonds. The van der Waals surface area contributed by atoms with Crippen LogP contribution in [-0.2, 0) is 20.2 Å². The van der Waals surface area contributed by atoms with Gasteiger partial charge in [-0.05, 0) is 35.4 Å². The van der Waals surface area contributed by atoms with E-state index in [-0.39, 0.29) is 0 Å². The van der Waals surface area contributed by atoms with Gasteiger partial charge in [-0.1, -0.05) is 72.8 Å². The van der Waals surface area contributed by atoms with Crippen molar-refractivity contribution in [1.82, 2.24) is 0 Å². The van der Waals surface area contributed by atoms with E-state index >= 15 is 0 Å². The van der Waals surface area contributed by atoms with Crippen molar-refractivity contribution in [2.75, 3.05) is 42.7 Å². The summed E-state index contributed by atoms with van der Waals surface area (Å²) in [5, 5.41) is 0.342. The molecule has 0 aromatic heterocycles. The van der Waals surface area contributed by atoms with E-state index in [9.17, 15) is 4.57 Å². The molecule has 1 atom stereocenters. The fourth-order valence-electron chi connectivity index (χ4n) is 4.85. The van der Waals surface area contributed by atoms with Crippen molar-refractivity contribution >= 4 is 19.7 Å². The summed E-state index contributed by atoms with van der Waals surface area (Å²) in [7, 11) is 5.14. The topological polar surface area (TPSA) is 81.7 Å². The van der Waals surface area contributed by atoms with Crippen LogP contribution in [0.25, 0.3) is 12.2 Å². The summed E-state index contributed by atoms with van der Waals surface area (Å²) in [5.41, 5.74) is 3.20. The Balaban J connectivity index is 1.95. The van der Waals surface area contributed by atoms with Crippen molar-refractivity contribution < 1.29 is 37.3 Å². The van der Waals surface area contributed by atoms with Gasteiger partial charge in [0.2, 0.25) is 0 Å². The number of ether oxygens (including phenoxy) is 5. The van der Waals surface area contributed by atoms with E-state index in [0.717, 1.165) is 16.9 Å². The summed E-state index contributed by atoms with van der Waals surface area (Å²) in [6.07, 6.45) is 5.63. The molecule has 0 saturated heterocycles. The van der Waals surface area contributed by atoms with Gasteiger partial charge in [0.25, 0.3) is 0 Å². The molecule has 0 aliphatic carbocycles. The monoisotopic (exact) mass is 630 g/mol. The second-order valence-electron chi connectivity index (χ2n) is 9.80. The molecule has 0 aliphatic rings. The van der Waals surface area contributed by atoms with Gasteiger partial charge in [-0.2, -0.15) is 0 Å². The van der Waals surface area contributed by atoms with Crippen LogP contribution in [0.1, 0.15) is 28.2 Å². The van der Waals surface area contributed by atoms with Gasteiger partial charge in [-0.25, -0.2) is 0 Å². The largest absolute Gasteiger partial charge is 0.497 e. The fraction of sp³-hybridized carbons (Fsp3) is 0.222. The Morgan fingerprint density at radius 1 is 0.689 bits per heavy atom. The Morgan fingerprint density at radius 3 is 1.87 bits per heavy atom. The molecule has 236 valence electrons. The number of hydrogen-bond donors (Lipinski definition) is 0. The molecule has 0 saturated carbocycles. The lowest BCUT2D eigenvalue weighted by atomic mass is 9.93. The van der Waals surface area contributed by atoms with Crippen molar-refractivity contribution in [2.45, 2.75) is 12.5 Å². The Hall–Kier alpha value is -4.49. The molecule has 8 nitrogen and oxygen atoms in total. The summed E-state index contributed by atoms with van der Waals surface area (Å²) in [5.74, 6) is 2.10. The molecular weight excluding hydrogens is 591 g/mol. The Morgan fingerprint density at radius 2 is 1.29 bits per heavy atom. The van der Waals surface area contributed by atoms with Gasteiger partial charge in [0.15, 0.2) is 0 Å². The molecule has 4 aromatic carbocycles. The lowest BCUT2D eigenvalue weighted by molar-refractivity contribution is 0.282. The SMILES string of the molecule is COc1ccc(/C=C/C(/C(=C/c2ccccc2OCc2ccccc2)P(=O)(OC)OC)c2c(OC)cc(OC)cc2OC)cc1. The maximum atomic E-state index is 14.5. The van der Waals surface area contributed by atoms with E-state index in [1.54, 1.807) is 46.6 Å². The van der Waals surface area contributed by atoms with Crippen molar-refractivity contribution in [3.63, 3.8) is 0 Å². The first kappa shape index (κ1) is 33.4. The van der Waals surface area contributed by atoms with Gasteiger partial charge >= 0.3 is 7.60 Å². The molecule has 0 spiro atoms. The van der Waals surface area contributed by atoms with Crippen LogP contribution in [0.3, 0.4) is 0 Å². The van der Waals surface area contributed by atoms with E-state index in [1.165, 1.54) is 14.2 Å². The molecule has 0 fully saturated rings. The molecule has 0 aliphatic heterocycles. The van der Waals surface area contributed by atoms with E-state index < -0.39 is 13.5 Å². The highest BCUT2D eigenvalue weighted by atomic mass is 31.2. The standard InChI is InChI=1S/C36H39O8P/c1-38-29-19-16-26(17-20-29)18-21-31(36-33(40-3)23-30(39-2)24-34(36)41-4)35(45(37,42-5)43-6)22-28-14-10-11-15-32(28)44-25-27-12-8-7-9-13-27/h7-24,31H,25H2,1-6H3/b21-18+,35-22-. The van der Waals surface area contributed by atoms with Crippen molar-refractivity contribution in [1.29, 1.82) is 0 Å². The number of hydrogen-bond acceptors (Lipinski definition) is 8. The third-order valence-corrected chi connectivity index (χ3v) is 9.24. The molecule has 45 heavy (non-hydrogen) atoms. The zero-order valence-corrected chi connectivity index (χ0v) is 27.3. The molecule has 4 rings (SSSR count). The Bertz CT molecular complexity index is 1610. The normalized spacial score (nSPS) is 12.5. The minimum Gasteiger partial charge on any atom is -0.497 e. The maximum Gasteiger partial charge on any atom is 0.357 e. The molecule has 1 unspecified atom stereocenters. The quantitative estimate of drug-likeness (QED) is 0.121. The van der Waals surface area contributed by atoms with Gasteiger partial charge in [-0.3, -0.25) is 4.57 Å². The summed E-state index contributed by atoms with van der Waals surface area (Å²) in [6.45, 7) is 0.355. The molecule has 9 heteroatoms. The van der Waals surface area contributed by atoms with Gasteiger partial charge < -0.3 is 32.7 Å². The predicted molar refractivity (Wildman–Crippen MR) is 178 cm³/mol. The van der Waals surface area contributed by atoms with Crippen LogP contribution in [0.2, 0.25) is 0 Å². The van der Waals surface area contributed by atoms with Crippen LogP contribution in [0, 0.1) is 0 Å². The summed E-state index contributed by atoms with van der Waals surface area (Å²) >= 11 is 0. The highest BCUT2D eigenvalue weighted by Gasteiger charge is 2.37. The average Bonchev–Trinajstić information content (AvgIpc) is 3.10. The van der Waals surface area contributed by atoms with E-state index in [2.05, 4.69) is 0 Å². The smallest absolute Gasteiger partial charge is 0.357 e. The van der Waals surface area contributed by atoms with Gasteiger partial charge in [-0.15, -0.1) is 0 Å². The Kier molecular flexibility index (Phi) is 11.9. The van der Waals surface area contributed by atoms with Crippen LogP contribution in [-0.4, -0.2) is 42.7 Å². The third kappa shape index (κ3) is 8.17. The van der Waals surface area contributed by atoms with Gasteiger partial charge in [0.05, 0.1) is 33.8 Å². The number of allylic oxidation sites excluding steroid dienone is 2.